The molecular formula is C19H30N4O2. The predicted octanol–water partition coefficient (Wildman–Crippen LogP) is 2.83. The molecule has 2 aromatic rings. The minimum Gasteiger partial charge on any atom is -0.373 e. The van der Waals surface area contributed by atoms with Gasteiger partial charge >= 0.3 is 0 Å². The predicted molar refractivity (Wildman–Crippen MR) is 100 cm³/mol. The Bertz CT molecular complexity index is 696. The van der Waals surface area contributed by atoms with E-state index in [2.05, 4.69) is 30.1 Å². The minimum absolute atomic E-state index is 0.903. The fourth-order valence-corrected chi connectivity index (χ4v) is 2.90. The van der Waals surface area contributed by atoms with Crippen molar-refractivity contribution < 1.29 is 10.3 Å². The van der Waals surface area contributed by atoms with Crippen LogP contribution in [-0.2, 0) is 13.0 Å². The maximum Gasteiger partial charge on any atom is 0.146 e. The van der Waals surface area contributed by atoms with E-state index in [-0.39, 0.29) is 0 Å². The number of unbranched alkanes of at least 4 members (excludes halogenated alkanes) is 1. The van der Waals surface area contributed by atoms with Crippen LogP contribution in [0.2, 0.25) is 0 Å². The van der Waals surface area contributed by atoms with Crippen molar-refractivity contribution in [3.8, 4) is 0 Å². The molecule has 2 rings (SSSR count). The molecule has 25 heavy (non-hydrogen) atoms. The van der Waals surface area contributed by atoms with E-state index in [0.29, 0.717) is 0 Å². The summed E-state index contributed by atoms with van der Waals surface area (Å²) in [6, 6.07) is 3.98. The number of aryl methyl sites for hydroxylation is 1. The molecule has 3 N–H and O–H groups in total. The number of nitrogens with zero attached hydrogens (tertiary/aromatic N) is 3. The van der Waals surface area contributed by atoms with Crippen molar-refractivity contribution >= 4 is 11.7 Å². The Morgan fingerprint density at radius 1 is 1.36 bits per heavy atom. The number of aliphatic hydroxyl groups is 1. The number of hydroxylamine groups is 1. The summed E-state index contributed by atoms with van der Waals surface area (Å²) in [6.45, 7) is 9.60. The summed E-state index contributed by atoms with van der Waals surface area (Å²) in [6.07, 6.45) is 7.52. The number of aliphatic hydroxyl groups excluding tert-OH is 1. The molecule has 0 aliphatic heterocycles. The lowest BCUT2D eigenvalue weighted by atomic mass is 10.2. The molecule has 0 bridgehead atoms. The van der Waals surface area contributed by atoms with E-state index in [9.17, 15) is 5.11 Å². The van der Waals surface area contributed by atoms with Crippen LogP contribution in [0.15, 0.2) is 24.4 Å². The van der Waals surface area contributed by atoms with Gasteiger partial charge in [-0.2, -0.15) is 5.48 Å². The zero-order valence-electron chi connectivity index (χ0n) is 15.4. The van der Waals surface area contributed by atoms with Gasteiger partial charge in [0.15, 0.2) is 0 Å². The molecule has 1 atom stereocenters. The van der Waals surface area contributed by atoms with Gasteiger partial charge in [0.25, 0.3) is 0 Å². The van der Waals surface area contributed by atoms with Gasteiger partial charge in [-0.1, -0.05) is 33.3 Å². The highest BCUT2D eigenvalue weighted by Gasteiger charge is 2.14. The monoisotopic (exact) mass is 346 g/mol. The van der Waals surface area contributed by atoms with E-state index >= 15 is 0 Å². The Balaban J connectivity index is 2.29. The summed E-state index contributed by atoms with van der Waals surface area (Å²) in [7, 11) is 0. The third kappa shape index (κ3) is 5.12. The molecule has 2 heterocycles. The molecule has 0 aliphatic rings. The SMILES string of the molecule is CCCCN(CC)Cc1c(CC)nc2cc(C=CC(O)NO)ccn12. The fourth-order valence-electron chi connectivity index (χ4n) is 2.90. The first-order chi connectivity index (χ1) is 12.1. The van der Waals surface area contributed by atoms with Gasteiger partial charge in [-0.15, -0.1) is 0 Å². The number of nitrogens with one attached hydrogen (secondary N) is 1. The Labute approximate surface area is 149 Å². The summed E-state index contributed by atoms with van der Waals surface area (Å²) in [5.41, 5.74) is 6.01. The van der Waals surface area contributed by atoms with Gasteiger partial charge in [0.05, 0.1) is 11.4 Å². The van der Waals surface area contributed by atoms with Crippen LogP contribution in [0.3, 0.4) is 0 Å². The third-order valence-electron chi connectivity index (χ3n) is 4.42. The Morgan fingerprint density at radius 2 is 2.16 bits per heavy atom. The first kappa shape index (κ1) is 19.6. The zero-order chi connectivity index (χ0) is 18.2. The molecule has 138 valence electrons. The van der Waals surface area contributed by atoms with E-state index in [1.807, 2.05) is 18.3 Å². The molecule has 0 aromatic carbocycles. The van der Waals surface area contributed by atoms with E-state index in [1.54, 1.807) is 11.6 Å². The van der Waals surface area contributed by atoms with E-state index in [4.69, 9.17) is 10.2 Å². The van der Waals surface area contributed by atoms with E-state index in [0.717, 1.165) is 43.0 Å². The second-order valence-electron chi connectivity index (χ2n) is 6.20. The number of imidazole rings is 1. The number of hydrogen-bond donors (Lipinski definition) is 3. The van der Waals surface area contributed by atoms with Crippen molar-refractivity contribution in [2.75, 3.05) is 13.1 Å². The lowest BCUT2D eigenvalue weighted by Gasteiger charge is -2.20. The summed E-state index contributed by atoms with van der Waals surface area (Å²) < 4.78 is 2.16. The molecule has 0 radical (unpaired) electrons. The zero-order valence-corrected chi connectivity index (χ0v) is 15.4. The average molecular weight is 346 g/mol. The van der Waals surface area contributed by atoms with Crippen LogP contribution >= 0.6 is 0 Å². The normalized spacial score (nSPS) is 13.4. The average Bonchev–Trinajstić information content (AvgIpc) is 2.99. The highest BCUT2D eigenvalue weighted by atomic mass is 16.5. The van der Waals surface area contributed by atoms with Crippen LogP contribution in [0.25, 0.3) is 11.7 Å². The highest BCUT2D eigenvalue weighted by Crippen LogP contribution is 2.18. The van der Waals surface area contributed by atoms with Crippen molar-refractivity contribution in [1.29, 1.82) is 0 Å². The van der Waals surface area contributed by atoms with Crippen LogP contribution < -0.4 is 5.48 Å². The van der Waals surface area contributed by atoms with Gasteiger partial charge in [0, 0.05) is 12.7 Å². The first-order valence-corrected chi connectivity index (χ1v) is 9.10. The van der Waals surface area contributed by atoms with Gasteiger partial charge in [0.2, 0.25) is 0 Å². The second-order valence-corrected chi connectivity index (χ2v) is 6.20. The summed E-state index contributed by atoms with van der Waals surface area (Å²) >= 11 is 0. The minimum atomic E-state index is -1.07. The molecule has 6 heteroatoms. The third-order valence-corrected chi connectivity index (χ3v) is 4.42. The Morgan fingerprint density at radius 3 is 2.80 bits per heavy atom. The highest BCUT2D eigenvalue weighted by molar-refractivity contribution is 5.57. The number of fused-ring (bicyclic) bond motifs is 1. The molecule has 0 saturated heterocycles. The van der Waals surface area contributed by atoms with Crippen molar-refractivity contribution in [3.63, 3.8) is 0 Å². The van der Waals surface area contributed by atoms with Crippen LogP contribution in [0.4, 0.5) is 0 Å². The van der Waals surface area contributed by atoms with Gasteiger partial charge in [0.1, 0.15) is 11.9 Å². The largest absolute Gasteiger partial charge is 0.373 e. The van der Waals surface area contributed by atoms with Crippen molar-refractivity contribution in [3.05, 3.63) is 41.4 Å². The van der Waals surface area contributed by atoms with Crippen LogP contribution in [-0.4, -0.2) is 43.9 Å². The Hall–Kier alpha value is -1.73. The number of aromatic nitrogens is 2. The molecule has 0 spiro atoms. The first-order valence-electron chi connectivity index (χ1n) is 9.10. The van der Waals surface area contributed by atoms with Gasteiger partial charge in [-0.25, -0.2) is 4.98 Å². The number of pyridine rings is 1. The molecule has 0 aliphatic carbocycles. The summed E-state index contributed by atoms with van der Waals surface area (Å²) in [4.78, 5) is 7.24. The molecule has 1 unspecified atom stereocenters. The lowest BCUT2D eigenvalue weighted by Crippen LogP contribution is -2.25. The van der Waals surface area contributed by atoms with Gasteiger partial charge in [-0.3, -0.25) is 4.90 Å². The molecule has 0 fully saturated rings. The van der Waals surface area contributed by atoms with E-state index in [1.165, 1.54) is 24.6 Å². The lowest BCUT2D eigenvalue weighted by molar-refractivity contribution is 0.0323. The molecule has 2 aromatic heterocycles. The van der Waals surface area contributed by atoms with E-state index < -0.39 is 6.23 Å². The molecular weight excluding hydrogens is 316 g/mol. The molecule has 6 nitrogen and oxygen atoms in total. The van der Waals surface area contributed by atoms with Gasteiger partial charge < -0.3 is 14.7 Å². The fraction of sp³-hybridized carbons (Fsp3) is 0.526. The van der Waals surface area contributed by atoms with Crippen molar-refractivity contribution in [1.82, 2.24) is 19.8 Å². The smallest absolute Gasteiger partial charge is 0.146 e. The van der Waals surface area contributed by atoms with Crippen molar-refractivity contribution in [2.24, 2.45) is 0 Å². The molecule has 0 saturated carbocycles. The topological polar surface area (TPSA) is 73.0 Å². The quantitative estimate of drug-likeness (QED) is 0.456. The Kier molecular flexibility index (Phi) is 7.58. The van der Waals surface area contributed by atoms with Gasteiger partial charge in [-0.05, 0) is 49.7 Å². The summed E-state index contributed by atoms with van der Waals surface area (Å²) in [5.74, 6) is 0. The van der Waals surface area contributed by atoms with Crippen LogP contribution in [0, 0.1) is 0 Å². The van der Waals surface area contributed by atoms with Crippen LogP contribution in [0.1, 0.15) is 50.6 Å². The van der Waals surface area contributed by atoms with Crippen molar-refractivity contribution in [2.45, 2.75) is 52.8 Å². The maximum absolute atomic E-state index is 9.34. The number of hydrogen-bond acceptors (Lipinski definition) is 5. The van der Waals surface area contributed by atoms with Crippen LogP contribution in [0.5, 0.6) is 0 Å². The second kappa shape index (κ2) is 9.68. The number of rotatable bonds is 10. The standard InChI is InChI=1S/C19H30N4O2/c1-4-7-11-22(6-3)14-17-16(5-2)20-18-13-15(10-12-23(17)18)8-9-19(24)21-25/h8-10,12-13,19,21,24-25H,4-7,11,14H2,1-3H3. The maximum atomic E-state index is 9.34. The molecule has 0 amide bonds. The summed E-state index contributed by atoms with van der Waals surface area (Å²) in [5, 5.41) is 18.0.